The van der Waals surface area contributed by atoms with E-state index in [1.165, 1.54) is 6.33 Å². The fourth-order valence-corrected chi connectivity index (χ4v) is 3.47. The fraction of sp³-hybridized carbons (Fsp3) is 0.150. The summed E-state index contributed by atoms with van der Waals surface area (Å²) in [6.07, 6.45) is -3.21. The van der Waals surface area contributed by atoms with E-state index in [1.54, 1.807) is 4.57 Å². The minimum absolute atomic E-state index is 0.0625. The van der Waals surface area contributed by atoms with Crippen molar-refractivity contribution in [3.8, 4) is 5.69 Å². The number of benzene rings is 2. The number of aromatic nitrogens is 2. The SMILES string of the molecule is O=C(OCC(F)(F)F)c1ncn2c1CN=C(c1ccccc1)c1cc(Br)ccc1-2. The number of esters is 1. The van der Waals surface area contributed by atoms with Crippen molar-refractivity contribution in [1.82, 2.24) is 9.55 Å². The third-order valence-corrected chi connectivity index (χ3v) is 4.83. The van der Waals surface area contributed by atoms with E-state index in [0.29, 0.717) is 17.1 Å². The molecule has 0 N–H and O–H groups in total. The van der Waals surface area contributed by atoms with Crippen LogP contribution in [0.1, 0.15) is 27.3 Å². The van der Waals surface area contributed by atoms with E-state index < -0.39 is 18.8 Å². The fourth-order valence-electron chi connectivity index (χ4n) is 3.11. The Hall–Kier alpha value is -2.94. The Kier molecular flexibility index (Phi) is 4.99. The lowest BCUT2D eigenvalue weighted by Gasteiger charge is -2.12. The number of ether oxygens (including phenoxy) is 1. The molecule has 0 saturated heterocycles. The number of carbonyl (C=O) groups excluding carboxylic acids is 1. The van der Waals surface area contributed by atoms with Crippen LogP contribution in [0.4, 0.5) is 13.2 Å². The molecule has 0 amide bonds. The van der Waals surface area contributed by atoms with Crippen molar-refractivity contribution >= 4 is 27.6 Å². The molecule has 0 aliphatic carbocycles. The van der Waals surface area contributed by atoms with Crippen LogP contribution in [0.25, 0.3) is 5.69 Å². The Bertz CT molecular complexity index is 1110. The summed E-state index contributed by atoms with van der Waals surface area (Å²) in [6, 6.07) is 15.1. The van der Waals surface area contributed by atoms with Crippen molar-refractivity contribution in [3.63, 3.8) is 0 Å². The van der Waals surface area contributed by atoms with Crippen LogP contribution in [0.15, 0.2) is 64.3 Å². The van der Waals surface area contributed by atoms with Gasteiger partial charge in [0.15, 0.2) is 12.3 Å². The first-order valence-corrected chi connectivity index (χ1v) is 9.33. The molecule has 29 heavy (non-hydrogen) atoms. The molecular weight excluding hydrogens is 451 g/mol. The molecule has 0 atom stereocenters. The monoisotopic (exact) mass is 463 g/mol. The molecule has 1 aromatic heterocycles. The number of alkyl halides is 3. The van der Waals surface area contributed by atoms with Gasteiger partial charge in [-0.3, -0.25) is 9.56 Å². The maximum Gasteiger partial charge on any atom is 0.422 e. The van der Waals surface area contributed by atoms with E-state index in [0.717, 1.165) is 15.6 Å². The second-order valence-electron chi connectivity index (χ2n) is 6.29. The van der Waals surface area contributed by atoms with Gasteiger partial charge in [-0.1, -0.05) is 46.3 Å². The second kappa shape index (κ2) is 7.47. The molecule has 0 spiro atoms. The van der Waals surface area contributed by atoms with Gasteiger partial charge in [0.2, 0.25) is 0 Å². The highest BCUT2D eigenvalue weighted by atomic mass is 79.9. The number of aliphatic imine (C=N–C) groups is 1. The lowest BCUT2D eigenvalue weighted by molar-refractivity contribution is -0.161. The van der Waals surface area contributed by atoms with E-state index in [1.807, 2.05) is 48.5 Å². The van der Waals surface area contributed by atoms with Gasteiger partial charge in [0.1, 0.15) is 6.33 Å². The molecule has 4 rings (SSSR count). The molecule has 0 saturated carbocycles. The lowest BCUT2D eigenvalue weighted by atomic mass is 10.0. The minimum Gasteiger partial charge on any atom is -0.451 e. The van der Waals surface area contributed by atoms with Crippen LogP contribution in [0, 0.1) is 0 Å². The topological polar surface area (TPSA) is 56.5 Å². The van der Waals surface area contributed by atoms with E-state index in [4.69, 9.17) is 0 Å². The van der Waals surface area contributed by atoms with Crippen LogP contribution < -0.4 is 0 Å². The summed E-state index contributed by atoms with van der Waals surface area (Å²) in [7, 11) is 0. The van der Waals surface area contributed by atoms with Gasteiger partial charge in [-0.25, -0.2) is 9.78 Å². The number of hydrogen-bond donors (Lipinski definition) is 0. The predicted molar refractivity (Wildman–Crippen MR) is 103 cm³/mol. The van der Waals surface area contributed by atoms with Gasteiger partial charge < -0.3 is 4.74 Å². The first-order valence-electron chi connectivity index (χ1n) is 8.54. The molecule has 148 valence electrons. The molecule has 0 radical (unpaired) electrons. The Morgan fingerprint density at radius 2 is 1.93 bits per heavy atom. The number of fused-ring (bicyclic) bond motifs is 3. The van der Waals surface area contributed by atoms with Crippen LogP contribution in [0.3, 0.4) is 0 Å². The maximum atomic E-state index is 12.4. The molecule has 1 aliphatic heterocycles. The first-order chi connectivity index (χ1) is 13.8. The summed E-state index contributed by atoms with van der Waals surface area (Å²) in [6.45, 7) is -1.60. The molecule has 3 aromatic rings. The van der Waals surface area contributed by atoms with Crippen LogP contribution in [-0.4, -0.2) is 34.0 Å². The zero-order valence-corrected chi connectivity index (χ0v) is 16.4. The number of halogens is 4. The van der Waals surface area contributed by atoms with Gasteiger partial charge in [-0.05, 0) is 18.2 Å². The zero-order valence-electron chi connectivity index (χ0n) is 14.8. The summed E-state index contributed by atoms with van der Waals surface area (Å²) in [5, 5.41) is 0. The van der Waals surface area contributed by atoms with E-state index in [2.05, 4.69) is 30.6 Å². The van der Waals surface area contributed by atoms with Crippen LogP contribution >= 0.6 is 15.9 Å². The molecule has 0 unspecified atom stereocenters. The van der Waals surface area contributed by atoms with Gasteiger partial charge in [0, 0.05) is 15.6 Å². The molecule has 2 heterocycles. The van der Waals surface area contributed by atoms with Gasteiger partial charge in [0.05, 0.1) is 23.6 Å². The highest BCUT2D eigenvalue weighted by molar-refractivity contribution is 9.10. The van der Waals surface area contributed by atoms with Crippen LogP contribution in [0.2, 0.25) is 0 Å². The Labute approximate surface area is 172 Å². The number of imidazole rings is 1. The largest absolute Gasteiger partial charge is 0.451 e. The lowest BCUT2D eigenvalue weighted by Crippen LogP contribution is -2.21. The van der Waals surface area contributed by atoms with Crippen LogP contribution in [0.5, 0.6) is 0 Å². The number of nitrogens with zero attached hydrogens (tertiary/aromatic N) is 3. The smallest absolute Gasteiger partial charge is 0.422 e. The minimum atomic E-state index is -4.61. The normalized spacial score (nSPS) is 13.2. The Morgan fingerprint density at radius 1 is 1.17 bits per heavy atom. The number of hydrogen-bond acceptors (Lipinski definition) is 4. The average Bonchev–Trinajstić information content (AvgIpc) is 3.04. The van der Waals surface area contributed by atoms with Crippen molar-refractivity contribution < 1.29 is 22.7 Å². The van der Waals surface area contributed by atoms with Crippen LogP contribution in [-0.2, 0) is 11.3 Å². The molecule has 2 aromatic carbocycles. The Balaban J connectivity index is 1.80. The standard InChI is InChI=1S/C20H13BrF3N3O2/c21-13-6-7-15-14(8-13)17(12-4-2-1-3-5-12)25-9-16-18(26-11-27(15)16)19(28)29-10-20(22,23)24/h1-8,11H,9-10H2. The third-order valence-electron chi connectivity index (χ3n) is 4.33. The van der Waals surface area contributed by atoms with Crippen molar-refractivity contribution in [2.75, 3.05) is 6.61 Å². The van der Waals surface area contributed by atoms with Crippen molar-refractivity contribution in [1.29, 1.82) is 0 Å². The molecule has 9 heteroatoms. The zero-order chi connectivity index (χ0) is 20.6. The highest BCUT2D eigenvalue weighted by Crippen LogP contribution is 2.29. The van der Waals surface area contributed by atoms with Crippen molar-refractivity contribution in [2.45, 2.75) is 12.7 Å². The summed E-state index contributed by atoms with van der Waals surface area (Å²) in [4.78, 5) is 20.8. The number of rotatable bonds is 3. The first kappa shape index (κ1) is 19.4. The second-order valence-corrected chi connectivity index (χ2v) is 7.21. The summed E-state index contributed by atoms with van der Waals surface area (Å²) >= 11 is 3.46. The molecule has 0 fully saturated rings. The van der Waals surface area contributed by atoms with Gasteiger partial charge in [-0.2, -0.15) is 13.2 Å². The molecule has 1 aliphatic rings. The Morgan fingerprint density at radius 3 is 2.66 bits per heavy atom. The summed E-state index contributed by atoms with van der Waals surface area (Å²) in [5.74, 6) is -1.13. The van der Waals surface area contributed by atoms with Gasteiger partial charge in [-0.15, -0.1) is 0 Å². The van der Waals surface area contributed by atoms with Gasteiger partial charge >= 0.3 is 12.1 Å². The maximum absolute atomic E-state index is 12.4. The molecular formula is C20H13BrF3N3O2. The quantitative estimate of drug-likeness (QED) is 0.528. The third kappa shape index (κ3) is 3.95. The number of carbonyl (C=O) groups is 1. The predicted octanol–water partition coefficient (Wildman–Crippen LogP) is 4.70. The molecule has 0 bridgehead atoms. The summed E-state index contributed by atoms with van der Waals surface area (Å²) < 4.78 is 44.1. The van der Waals surface area contributed by atoms with E-state index in [9.17, 15) is 18.0 Å². The van der Waals surface area contributed by atoms with E-state index in [-0.39, 0.29) is 12.2 Å². The van der Waals surface area contributed by atoms with Crippen molar-refractivity contribution in [2.24, 2.45) is 4.99 Å². The van der Waals surface area contributed by atoms with E-state index >= 15 is 0 Å². The van der Waals surface area contributed by atoms with Crippen molar-refractivity contribution in [3.05, 3.63) is 81.8 Å². The molecule has 5 nitrogen and oxygen atoms in total. The summed E-state index contributed by atoms with van der Waals surface area (Å²) in [5.41, 5.74) is 3.29. The highest BCUT2D eigenvalue weighted by Gasteiger charge is 2.32. The average molecular weight is 464 g/mol. The van der Waals surface area contributed by atoms with Gasteiger partial charge in [0.25, 0.3) is 0 Å².